The van der Waals surface area contributed by atoms with E-state index < -0.39 is 17.8 Å². The van der Waals surface area contributed by atoms with Crippen LogP contribution in [0.4, 0.5) is 5.00 Å². The number of amides is 2. The van der Waals surface area contributed by atoms with Gasteiger partial charge in [-0.2, -0.15) is 0 Å². The molecule has 1 aromatic heterocycles. The molecular formula is C20H19N3O7S. The second-order valence-electron chi connectivity index (χ2n) is 7.23. The number of aliphatic carboxylic acids is 1. The number of carboxylic acids is 2. The average Bonchev–Trinajstić information content (AvgIpc) is 3.24. The number of hydrogen-bond donors (Lipinski definition) is 4. The molecule has 0 saturated carbocycles. The van der Waals surface area contributed by atoms with Gasteiger partial charge in [-0.25, -0.2) is 9.59 Å². The SMILES string of the molecule is COc1cccc2c1C(=O)N(C[C@@H]1Cc3c(sc(NC(=O)C(=O)O)c3C(=O)O)CN1)C2. The number of carbonyl (C=O) groups is 4. The Morgan fingerprint density at radius 3 is 2.77 bits per heavy atom. The molecule has 1 aromatic carbocycles. The first kappa shape index (κ1) is 20.8. The molecule has 11 heteroatoms. The van der Waals surface area contributed by atoms with Crippen molar-refractivity contribution >= 4 is 40.1 Å². The van der Waals surface area contributed by atoms with Crippen LogP contribution >= 0.6 is 11.3 Å². The largest absolute Gasteiger partial charge is 0.496 e. The number of nitrogens with zero attached hydrogens (tertiary/aromatic N) is 1. The third-order valence-corrected chi connectivity index (χ3v) is 6.51. The van der Waals surface area contributed by atoms with Crippen LogP contribution in [-0.2, 0) is 29.1 Å². The van der Waals surface area contributed by atoms with Gasteiger partial charge in [0, 0.05) is 30.6 Å². The maximum atomic E-state index is 12.9. The highest BCUT2D eigenvalue weighted by Gasteiger charge is 2.35. The number of anilines is 1. The zero-order chi connectivity index (χ0) is 22.3. The van der Waals surface area contributed by atoms with Crippen LogP contribution in [0.3, 0.4) is 0 Å². The molecule has 162 valence electrons. The zero-order valence-electron chi connectivity index (χ0n) is 16.4. The number of rotatable bonds is 5. The van der Waals surface area contributed by atoms with Crippen molar-refractivity contribution in [1.29, 1.82) is 0 Å². The summed E-state index contributed by atoms with van der Waals surface area (Å²) in [6.45, 7) is 1.15. The highest BCUT2D eigenvalue weighted by atomic mass is 32.1. The van der Waals surface area contributed by atoms with E-state index in [9.17, 15) is 24.3 Å². The Kier molecular flexibility index (Phi) is 5.38. The molecule has 0 bridgehead atoms. The van der Waals surface area contributed by atoms with Gasteiger partial charge in [0.25, 0.3) is 5.91 Å². The molecule has 0 spiro atoms. The highest BCUT2D eigenvalue weighted by Crippen LogP contribution is 2.37. The fourth-order valence-electron chi connectivity index (χ4n) is 4.00. The standard InChI is InChI=1S/C20H19N3O7S/c1-30-12-4-2-3-9-7-23(18(25)14(9)12)8-10-5-11-13(6-21-10)31-17(15(11)19(26)27)22-16(24)20(28)29/h2-4,10,21H,5-8H2,1H3,(H,22,24)(H,26,27)(H,28,29)/t10-/m0/s1. The Labute approximate surface area is 180 Å². The molecule has 2 aromatic rings. The Morgan fingerprint density at radius 2 is 2.10 bits per heavy atom. The van der Waals surface area contributed by atoms with E-state index in [0.29, 0.717) is 47.8 Å². The van der Waals surface area contributed by atoms with Crippen molar-refractivity contribution in [2.45, 2.75) is 25.6 Å². The van der Waals surface area contributed by atoms with Gasteiger partial charge in [-0.1, -0.05) is 12.1 Å². The number of nitrogens with one attached hydrogen (secondary N) is 2. The predicted molar refractivity (Wildman–Crippen MR) is 110 cm³/mol. The molecule has 0 saturated heterocycles. The van der Waals surface area contributed by atoms with Gasteiger partial charge in [0.15, 0.2) is 0 Å². The van der Waals surface area contributed by atoms with Crippen molar-refractivity contribution in [2.75, 3.05) is 19.0 Å². The quantitative estimate of drug-likeness (QED) is 0.502. The third-order valence-electron chi connectivity index (χ3n) is 5.36. The molecule has 2 aliphatic heterocycles. The van der Waals surface area contributed by atoms with E-state index in [0.717, 1.165) is 16.9 Å². The van der Waals surface area contributed by atoms with E-state index in [-0.39, 0.29) is 22.5 Å². The lowest BCUT2D eigenvalue weighted by Crippen LogP contribution is -2.44. The topological polar surface area (TPSA) is 145 Å². The fraction of sp³-hybridized carbons (Fsp3) is 0.300. The van der Waals surface area contributed by atoms with Crippen LogP contribution in [0, 0.1) is 0 Å². The fourth-order valence-corrected chi connectivity index (χ4v) is 5.16. The van der Waals surface area contributed by atoms with Crippen molar-refractivity contribution in [3.05, 3.63) is 45.3 Å². The minimum Gasteiger partial charge on any atom is -0.496 e. The summed E-state index contributed by atoms with van der Waals surface area (Å²) in [4.78, 5) is 49.5. The van der Waals surface area contributed by atoms with Gasteiger partial charge >= 0.3 is 17.8 Å². The van der Waals surface area contributed by atoms with E-state index in [1.165, 1.54) is 7.11 Å². The zero-order valence-corrected chi connectivity index (χ0v) is 17.2. The molecule has 4 rings (SSSR count). The summed E-state index contributed by atoms with van der Waals surface area (Å²) in [6.07, 6.45) is 0.327. The van der Waals surface area contributed by atoms with Crippen molar-refractivity contribution in [3.8, 4) is 5.75 Å². The number of aromatic carboxylic acids is 1. The summed E-state index contributed by atoms with van der Waals surface area (Å²) < 4.78 is 5.30. The Bertz CT molecular complexity index is 1110. The van der Waals surface area contributed by atoms with E-state index in [1.54, 1.807) is 11.0 Å². The van der Waals surface area contributed by atoms with E-state index in [4.69, 9.17) is 9.84 Å². The number of ether oxygens (including phenoxy) is 1. The molecule has 31 heavy (non-hydrogen) atoms. The lowest BCUT2D eigenvalue weighted by Gasteiger charge is -2.28. The molecule has 1 atom stereocenters. The second-order valence-corrected chi connectivity index (χ2v) is 8.34. The van der Waals surface area contributed by atoms with Crippen LogP contribution in [-0.4, -0.2) is 58.6 Å². The smallest absolute Gasteiger partial charge is 0.394 e. The molecule has 0 fully saturated rings. The molecule has 3 heterocycles. The Morgan fingerprint density at radius 1 is 1.32 bits per heavy atom. The summed E-state index contributed by atoms with van der Waals surface area (Å²) in [6, 6.07) is 5.24. The van der Waals surface area contributed by atoms with Crippen LogP contribution < -0.4 is 15.4 Å². The van der Waals surface area contributed by atoms with Crippen molar-refractivity contribution in [3.63, 3.8) is 0 Å². The minimum absolute atomic E-state index is 0.00161. The number of thiophene rings is 1. The molecule has 10 nitrogen and oxygen atoms in total. The Hall–Kier alpha value is -3.44. The first-order valence-electron chi connectivity index (χ1n) is 9.40. The lowest BCUT2D eigenvalue weighted by molar-refractivity contribution is -0.147. The molecule has 0 unspecified atom stereocenters. The van der Waals surface area contributed by atoms with Crippen LogP contribution in [0.2, 0.25) is 0 Å². The third kappa shape index (κ3) is 3.73. The summed E-state index contributed by atoms with van der Waals surface area (Å²) in [7, 11) is 1.51. The van der Waals surface area contributed by atoms with Gasteiger partial charge in [-0.15, -0.1) is 11.3 Å². The normalized spacial score (nSPS) is 17.1. The van der Waals surface area contributed by atoms with Crippen LogP contribution in [0.15, 0.2) is 18.2 Å². The minimum atomic E-state index is -1.69. The van der Waals surface area contributed by atoms with Crippen LogP contribution in [0.5, 0.6) is 5.75 Å². The van der Waals surface area contributed by atoms with Crippen LogP contribution in [0.1, 0.15) is 36.7 Å². The van der Waals surface area contributed by atoms with Gasteiger partial charge in [0.1, 0.15) is 10.8 Å². The Balaban J connectivity index is 1.54. The van der Waals surface area contributed by atoms with Gasteiger partial charge in [0.2, 0.25) is 0 Å². The maximum Gasteiger partial charge on any atom is 0.394 e. The van der Waals surface area contributed by atoms with Gasteiger partial charge in [0.05, 0.1) is 18.2 Å². The average molecular weight is 445 g/mol. The predicted octanol–water partition coefficient (Wildman–Crippen LogP) is 1.15. The summed E-state index contributed by atoms with van der Waals surface area (Å²) in [5.74, 6) is -3.85. The van der Waals surface area contributed by atoms with Gasteiger partial charge in [-0.3, -0.25) is 9.59 Å². The van der Waals surface area contributed by atoms with Gasteiger partial charge in [-0.05, 0) is 23.6 Å². The number of hydrogen-bond acceptors (Lipinski definition) is 7. The lowest BCUT2D eigenvalue weighted by atomic mass is 9.97. The molecule has 4 N–H and O–H groups in total. The number of carbonyl (C=O) groups excluding carboxylic acids is 2. The van der Waals surface area contributed by atoms with Crippen molar-refractivity contribution in [1.82, 2.24) is 10.2 Å². The molecule has 2 amide bonds. The van der Waals surface area contributed by atoms with Crippen molar-refractivity contribution in [2.24, 2.45) is 0 Å². The summed E-state index contributed by atoms with van der Waals surface area (Å²) in [5.41, 5.74) is 1.87. The highest BCUT2D eigenvalue weighted by molar-refractivity contribution is 7.17. The summed E-state index contributed by atoms with van der Waals surface area (Å²) >= 11 is 1.04. The molecule has 2 aliphatic rings. The van der Waals surface area contributed by atoms with Crippen LogP contribution in [0.25, 0.3) is 0 Å². The maximum absolute atomic E-state index is 12.9. The van der Waals surface area contributed by atoms with E-state index in [2.05, 4.69) is 10.6 Å². The van der Waals surface area contributed by atoms with E-state index in [1.807, 2.05) is 12.1 Å². The second kappa shape index (κ2) is 8.00. The first-order chi connectivity index (χ1) is 14.8. The first-order valence-corrected chi connectivity index (χ1v) is 10.2. The number of methoxy groups -OCH3 is 1. The van der Waals surface area contributed by atoms with Crippen molar-refractivity contribution < 1.29 is 34.1 Å². The number of benzene rings is 1. The van der Waals surface area contributed by atoms with Gasteiger partial charge < -0.3 is 30.5 Å². The molecule has 0 radical (unpaired) electrons. The number of carboxylic acid groups (broad SMARTS) is 2. The number of fused-ring (bicyclic) bond motifs is 2. The van der Waals surface area contributed by atoms with E-state index >= 15 is 0 Å². The molecular weight excluding hydrogens is 426 g/mol. The monoisotopic (exact) mass is 445 g/mol. The summed E-state index contributed by atoms with van der Waals surface area (Å²) in [5, 5.41) is 23.9. The molecule has 0 aliphatic carbocycles.